The first-order chi connectivity index (χ1) is 9.40. The lowest BCUT2D eigenvalue weighted by atomic mass is 9.88. The molecule has 6 heteroatoms. The van der Waals surface area contributed by atoms with Crippen LogP contribution in [0.2, 0.25) is 0 Å². The highest BCUT2D eigenvalue weighted by molar-refractivity contribution is 5.93. The number of anilines is 1. The number of nitro groups is 1. The first-order valence-electron chi connectivity index (χ1n) is 6.67. The van der Waals surface area contributed by atoms with Gasteiger partial charge in [-0.1, -0.05) is 6.92 Å². The minimum Gasteiger partial charge on any atom is -0.325 e. The molecule has 1 saturated heterocycles. The van der Waals surface area contributed by atoms with E-state index in [1.54, 1.807) is 13.0 Å². The molecule has 108 valence electrons. The predicted molar refractivity (Wildman–Crippen MR) is 76.7 cm³/mol. The van der Waals surface area contributed by atoms with Crippen molar-refractivity contribution in [3.05, 3.63) is 33.4 Å². The zero-order chi connectivity index (χ0) is 14.9. The van der Waals surface area contributed by atoms with E-state index in [1.807, 2.05) is 13.8 Å². The topological polar surface area (TPSA) is 84.3 Å². The summed E-state index contributed by atoms with van der Waals surface area (Å²) in [5, 5.41) is 16.9. The minimum atomic E-state index is -0.427. The van der Waals surface area contributed by atoms with Gasteiger partial charge in [-0.05, 0) is 44.5 Å². The molecule has 0 radical (unpaired) electrons. The molecule has 0 bridgehead atoms. The van der Waals surface area contributed by atoms with Crippen molar-refractivity contribution in [2.75, 3.05) is 18.4 Å². The Morgan fingerprint density at radius 1 is 1.40 bits per heavy atom. The SMILES string of the molecule is Cc1cc(C)c([N+](=O)[O-])cc1NC(=O)C(C)C1CNC1. The van der Waals surface area contributed by atoms with Gasteiger partial charge in [0, 0.05) is 17.5 Å². The molecule has 1 heterocycles. The van der Waals surface area contributed by atoms with Gasteiger partial charge in [0.1, 0.15) is 0 Å². The summed E-state index contributed by atoms with van der Waals surface area (Å²) in [4.78, 5) is 22.7. The second-order valence-corrected chi connectivity index (χ2v) is 5.41. The zero-order valence-electron chi connectivity index (χ0n) is 11.9. The number of aryl methyl sites for hydroxylation is 2. The number of amides is 1. The Kier molecular flexibility index (Phi) is 4.04. The number of hydrogen-bond donors (Lipinski definition) is 2. The summed E-state index contributed by atoms with van der Waals surface area (Å²) in [5.41, 5.74) is 1.98. The van der Waals surface area contributed by atoms with Gasteiger partial charge in [0.15, 0.2) is 0 Å². The molecule has 20 heavy (non-hydrogen) atoms. The molecule has 2 rings (SSSR count). The summed E-state index contributed by atoms with van der Waals surface area (Å²) >= 11 is 0. The van der Waals surface area contributed by atoms with Gasteiger partial charge in [-0.25, -0.2) is 0 Å². The molecule has 0 aromatic heterocycles. The van der Waals surface area contributed by atoms with Crippen LogP contribution in [0, 0.1) is 35.8 Å². The lowest BCUT2D eigenvalue weighted by Gasteiger charge is -2.31. The fourth-order valence-corrected chi connectivity index (χ4v) is 2.30. The third kappa shape index (κ3) is 2.80. The van der Waals surface area contributed by atoms with Crippen molar-refractivity contribution in [2.45, 2.75) is 20.8 Å². The predicted octanol–water partition coefficient (Wildman–Crippen LogP) is 2.01. The Hall–Kier alpha value is -1.95. The van der Waals surface area contributed by atoms with Gasteiger partial charge in [0.05, 0.1) is 10.6 Å². The standard InChI is InChI=1S/C14H19N3O3/c1-8-4-9(2)13(17(19)20)5-12(8)16-14(18)10(3)11-6-15-7-11/h4-5,10-11,15H,6-7H2,1-3H3,(H,16,18). The lowest BCUT2D eigenvalue weighted by Crippen LogP contribution is -2.48. The summed E-state index contributed by atoms with van der Waals surface area (Å²) < 4.78 is 0. The van der Waals surface area contributed by atoms with Gasteiger partial charge in [-0.15, -0.1) is 0 Å². The van der Waals surface area contributed by atoms with Crippen LogP contribution in [0.25, 0.3) is 0 Å². The van der Waals surface area contributed by atoms with E-state index in [4.69, 9.17) is 0 Å². The summed E-state index contributed by atoms with van der Waals surface area (Å²) in [6.45, 7) is 7.11. The second kappa shape index (κ2) is 5.58. The molecule has 0 spiro atoms. The largest absolute Gasteiger partial charge is 0.325 e. The van der Waals surface area contributed by atoms with Crippen molar-refractivity contribution in [1.29, 1.82) is 0 Å². The van der Waals surface area contributed by atoms with E-state index < -0.39 is 4.92 Å². The van der Waals surface area contributed by atoms with E-state index in [0.717, 1.165) is 18.7 Å². The number of nitro benzene ring substituents is 1. The highest BCUT2D eigenvalue weighted by Gasteiger charge is 2.29. The maximum atomic E-state index is 12.2. The molecule has 1 atom stereocenters. The molecule has 1 aromatic carbocycles. The van der Waals surface area contributed by atoms with Crippen molar-refractivity contribution >= 4 is 17.3 Å². The molecule has 1 amide bonds. The van der Waals surface area contributed by atoms with E-state index in [0.29, 0.717) is 17.2 Å². The average Bonchev–Trinajstić information content (AvgIpc) is 2.29. The number of hydrogen-bond acceptors (Lipinski definition) is 4. The Morgan fingerprint density at radius 2 is 2.05 bits per heavy atom. The van der Waals surface area contributed by atoms with Crippen LogP contribution in [0.3, 0.4) is 0 Å². The quantitative estimate of drug-likeness (QED) is 0.651. The van der Waals surface area contributed by atoms with Crippen molar-refractivity contribution in [3.63, 3.8) is 0 Å². The number of nitrogens with zero attached hydrogens (tertiary/aromatic N) is 1. The highest BCUT2D eigenvalue weighted by atomic mass is 16.6. The molecule has 6 nitrogen and oxygen atoms in total. The molecular weight excluding hydrogens is 258 g/mol. The number of benzene rings is 1. The molecule has 0 saturated carbocycles. The molecular formula is C14H19N3O3. The van der Waals surface area contributed by atoms with Gasteiger partial charge < -0.3 is 10.6 Å². The molecule has 2 N–H and O–H groups in total. The van der Waals surface area contributed by atoms with Crippen LogP contribution < -0.4 is 10.6 Å². The summed E-state index contributed by atoms with van der Waals surface area (Å²) in [6, 6.07) is 3.16. The first kappa shape index (κ1) is 14.5. The molecule has 1 aliphatic rings. The van der Waals surface area contributed by atoms with Crippen LogP contribution in [0.5, 0.6) is 0 Å². The van der Waals surface area contributed by atoms with E-state index >= 15 is 0 Å². The maximum absolute atomic E-state index is 12.2. The molecule has 1 aliphatic heterocycles. The Labute approximate surface area is 117 Å². The molecule has 1 aromatic rings. The monoisotopic (exact) mass is 277 g/mol. The fraction of sp³-hybridized carbons (Fsp3) is 0.500. The van der Waals surface area contributed by atoms with Crippen molar-refractivity contribution < 1.29 is 9.72 Å². The Morgan fingerprint density at radius 3 is 2.55 bits per heavy atom. The Balaban J connectivity index is 2.17. The third-order valence-electron chi connectivity index (χ3n) is 3.93. The van der Waals surface area contributed by atoms with Crippen LogP contribution >= 0.6 is 0 Å². The van der Waals surface area contributed by atoms with Gasteiger partial charge in [-0.3, -0.25) is 14.9 Å². The Bertz CT molecular complexity index is 553. The first-order valence-corrected chi connectivity index (χ1v) is 6.67. The van der Waals surface area contributed by atoms with E-state index in [1.165, 1.54) is 6.07 Å². The van der Waals surface area contributed by atoms with Crippen LogP contribution in [-0.2, 0) is 4.79 Å². The van der Waals surface area contributed by atoms with Gasteiger partial charge in [-0.2, -0.15) is 0 Å². The maximum Gasteiger partial charge on any atom is 0.274 e. The van der Waals surface area contributed by atoms with Gasteiger partial charge in [0.2, 0.25) is 5.91 Å². The van der Waals surface area contributed by atoms with Crippen LogP contribution in [0.1, 0.15) is 18.1 Å². The zero-order valence-corrected chi connectivity index (χ0v) is 11.9. The van der Waals surface area contributed by atoms with Gasteiger partial charge >= 0.3 is 0 Å². The van der Waals surface area contributed by atoms with E-state index in [2.05, 4.69) is 10.6 Å². The second-order valence-electron chi connectivity index (χ2n) is 5.41. The highest BCUT2D eigenvalue weighted by Crippen LogP contribution is 2.27. The van der Waals surface area contributed by atoms with E-state index in [9.17, 15) is 14.9 Å². The molecule has 0 aliphatic carbocycles. The fourth-order valence-electron chi connectivity index (χ4n) is 2.30. The number of rotatable bonds is 4. The summed E-state index contributed by atoms with van der Waals surface area (Å²) in [7, 11) is 0. The number of carbonyl (C=O) groups excluding carboxylic acids is 1. The molecule has 1 unspecified atom stereocenters. The van der Waals surface area contributed by atoms with Crippen molar-refractivity contribution in [2.24, 2.45) is 11.8 Å². The third-order valence-corrected chi connectivity index (χ3v) is 3.93. The van der Waals surface area contributed by atoms with E-state index in [-0.39, 0.29) is 17.5 Å². The average molecular weight is 277 g/mol. The van der Waals surface area contributed by atoms with Crippen LogP contribution in [-0.4, -0.2) is 23.9 Å². The summed E-state index contributed by atoms with van der Waals surface area (Å²) in [6.07, 6.45) is 0. The lowest BCUT2D eigenvalue weighted by molar-refractivity contribution is -0.385. The normalized spacial score (nSPS) is 16.4. The van der Waals surface area contributed by atoms with Crippen LogP contribution in [0.15, 0.2) is 12.1 Å². The summed E-state index contributed by atoms with van der Waals surface area (Å²) in [5.74, 6) is 0.157. The van der Waals surface area contributed by atoms with Crippen molar-refractivity contribution in [3.8, 4) is 0 Å². The smallest absolute Gasteiger partial charge is 0.274 e. The van der Waals surface area contributed by atoms with Crippen molar-refractivity contribution in [1.82, 2.24) is 5.32 Å². The number of carbonyl (C=O) groups is 1. The van der Waals surface area contributed by atoms with Gasteiger partial charge in [0.25, 0.3) is 5.69 Å². The van der Waals surface area contributed by atoms with Crippen LogP contribution in [0.4, 0.5) is 11.4 Å². The molecule has 1 fully saturated rings. The number of nitrogens with one attached hydrogen (secondary N) is 2. The minimum absolute atomic E-state index is 0.0314.